The van der Waals surface area contributed by atoms with Crippen LogP contribution in [0.25, 0.3) is 11.1 Å². The van der Waals surface area contributed by atoms with Crippen LogP contribution in [-0.2, 0) is 10.0 Å². The minimum Gasteiger partial charge on any atom is -0.392 e. The monoisotopic (exact) mass is 333 g/mol. The first-order valence-corrected chi connectivity index (χ1v) is 8.67. The summed E-state index contributed by atoms with van der Waals surface area (Å²) in [4.78, 5) is 11.4. The third kappa shape index (κ3) is 4.48. The molecule has 122 valence electrons. The fraction of sp³-hybridized carbons (Fsp3) is 0.235. The van der Waals surface area contributed by atoms with Crippen LogP contribution in [0.4, 0.5) is 0 Å². The number of aliphatic hydroxyl groups is 1. The number of carbonyl (C=O) groups excluding carboxylic acids is 1. The average molecular weight is 333 g/mol. The van der Waals surface area contributed by atoms with Crippen LogP contribution in [0, 0.1) is 0 Å². The van der Waals surface area contributed by atoms with E-state index in [1.54, 1.807) is 24.3 Å². The zero-order valence-corrected chi connectivity index (χ0v) is 13.8. The largest absolute Gasteiger partial charge is 0.392 e. The fourth-order valence-electron chi connectivity index (χ4n) is 2.04. The van der Waals surface area contributed by atoms with Crippen LogP contribution >= 0.6 is 0 Å². The lowest BCUT2D eigenvalue weighted by Gasteiger charge is -2.09. The average Bonchev–Trinajstić information content (AvgIpc) is 2.53. The molecule has 0 aliphatic carbocycles. The Morgan fingerprint density at radius 2 is 1.52 bits per heavy atom. The van der Waals surface area contributed by atoms with Crippen LogP contribution in [0.5, 0.6) is 0 Å². The highest BCUT2D eigenvalue weighted by molar-refractivity contribution is 7.89. The molecule has 6 heteroatoms. The molecule has 0 bridgehead atoms. The van der Waals surface area contributed by atoms with Crippen molar-refractivity contribution in [2.45, 2.75) is 24.8 Å². The number of Topliss-reactive ketones (excluding diaryl/α,β-unsaturated/α-hetero) is 1. The molecule has 0 amide bonds. The molecule has 0 aromatic heterocycles. The second-order valence-electron chi connectivity index (χ2n) is 5.36. The van der Waals surface area contributed by atoms with Crippen molar-refractivity contribution in [3.8, 4) is 11.1 Å². The van der Waals surface area contributed by atoms with Gasteiger partial charge in [0, 0.05) is 12.1 Å². The Morgan fingerprint density at radius 3 is 1.96 bits per heavy atom. The van der Waals surface area contributed by atoms with Gasteiger partial charge in [0.1, 0.15) is 0 Å². The molecule has 1 atom stereocenters. The highest BCUT2D eigenvalue weighted by Gasteiger charge is 2.14. The number of aliphatic hydroxyl groups excluding tert-OH is 1. The number of nitrogens with one attached hydrogen (secondary N) is 1. The topological polar surface area (TPSA) is 83.5 Å². The number of hydrogen-bond acceptors (Lipinski definition) is 4. The van der Waals surface area contributed by atoms with Crippen molar-refractivity contribution in [2.24, 2.45) is 0 Å². The van der Waals surface area contributed by atoms with Crippen molar-refractivity contribution in [3.05, 3.63) is 54.1 Å². The number of sulfonamides is 1. The maximum Gasteiger partial charge on any atom is 0.240 e. The molecule has 1 unspecified atom stereocenters. The Labute approximate surface area is 136 Å². The summed E-state index contributed by atoms with van der Waals surface area (Å²) in [5.74, 6) is 0.00202. The summed E-state index contributed by atoms with van der Waals surface area (Å²) in [6.07, 6.45) is -0.746. The van der Waals surface area contributed by atoms with Gasteiger partial charge in [0.2, 0.25) is 10.0 Å². The molecule has 0 heterocycles. The van der Waals surface area contributed by atoms with Gasteiger partial charge in [-0.3, -0.25) is 4.79 Å². The maximum absolute atomic E-state index is 12.0. The van der Waals surface area contributed by atoms with Gasteiger partial charge in [-0.25, -0.2) is 13.1 Å². The predicted molar refractivity (Wildman–Crippen MR) is 88.8 cm³/mol. The molecule has 0 saturated carbocycles. The molecule has 2 aromatic carbocycles. The molecule has 2 rings (SSSR count). The molecule has 2 aromatic rings. The molecular formula is C17H19NO4S. The van der Waals surface area contributed by atoms with Gasteiger partial charge in [-0.1, -0.05) is 36.4 Å². The summed E-state index contributed by atoms with van der Waals surface area (Å²) in [6.45, 7) is 2.99. The second-order valence-corrected chi connectivity index (χ2v) is 7.13. The van der Waals surface area contributed by atoms with Gasteiger partial charge in [-0.15, -0.1) is 0 Å². The summed E-state index contributed by atoms with van der Waals surface area (Å²) < 4.78 is 26.4. The molecule has 5 nitrogen and oxygen atoms in total. The van der Waals surface area contributed by atoms with Crippen LogP contribution < -0.4 is 4.72 Å². The molecule has 0 aliphatic rings. The van der Waals surface area contributed by atoms with E-state index in [0.717, 1.165) is 11.1 Å². The number of ketones is 1. The van der Waals surface area contributed by atoms with E-state index in [1.807, 2.05) is 12.1 Å². The lowest BCUT2D eigenvalue weighted by atomic mass is 10.0. The molecule has 0 radical (unpaired) electrons. The summed E-state index contributed by atoms with van der Waals surface area (Å²) in [5.41, 5.74) is 2.39. The lowest BCUT2D eigenvalue weighted by Crippen LogP contribution is -2.30. The van der Waals surface area contributed by atoms with E-state index in [4.69, 9.17) is 5.11 Å². The molecule has 2 N–H and O–H groups in total. The summed E-state index contributed by atoms with van der Waals surface area (Å²) >= 11 is 0. The Balaban J connectivity index is 2.20. The highest BCUT2D eigenvalue weighted by Crippen LogP contribution is 2.22. The van der Waals surface area contributed by atoms with Crippen LogP contribution in [0.2, 0.25) is 0 Å². The zero-order valence-electron chi connectivity index (χ0n) is 13.0. The predicted octanol–water partition coefficient (Wildman–Crippen LogP) is 2.22. The van der Waals surface area contributed by atoms with Crippen molar-refractivity contribution in [3.63, 3.8) is 0 Å². The summed E-state index contributed by atoms with van der Waals surface area (Å²) in [5, 5.41) is 9.17. The SMILES string of the molecule is CC(=O)c1ccc(-c2ccc(S(=O)(=O)NCC(C)O)cc2)cc1. The molecule has 23 heavy (non-hydrogen) atoms. The van der Waals surface area contributed by atoms with Crippen LogP contribution in [-0.4, -0.2) is 32.0 Å². The second kappa shape index (κ2) is 7.04. The van der Waals surface area contributed by atoms with E-state index in [1.165, 1.54) is 26.0 Å². The van der Waals surface area contributed by atoms with Crippen LogP contribution in [0.1, 0.15) is 24.2 Å². The van der Waals surface area contributed by atoms with Crippen molar-refractivity contribution in [2.75, 3.05) is 6.54 Å². The number of rotatable bonds is 6. The standard InChI is InChI=1S/C17H19NO4S/c1-12(19)11-18-23(21,22)17-9-7-16(8-10-17)15-5-3-14(4-6-15)13(2)20/h3-10,12,18-19H,11H2,1-2H3. The van der Waals surface area contributed by atoms with Gasteiger partial charge in [-0.05, 0) is 37.1 Å². The molecule has 0 fully saturated rings. The summed E-state index contributed by atoms with van der Waals surface area (Å²) in [7, 11) is -3.63. The van der Waals surface area contributed by atoms with Gasteiger partial charge < -0.3 is 5.11 Å². The smallest absolute Gasteiger partial charge is 0.240 e. The van der Waals surface area contributed by atoms with E-state index < -0.39 is 16.1 Å². The molecule has 0 aliphatic heterocycles. The Kier molecular flexibility index (Phi) is 5.30. The Morgan fingerprint density at radius 1 is 1.04 bits per heavy atom. The van der Waals surface area contributed by atoms with E-state index in [9.17, 15) is 13.2 Å². The van der Waals surface area contributed by atoms with Gasteiger partial charge in [0.15, 0.2) is 5.78 Å². The van der Waals surface area contributed by atoms with Gasteiger partial charge in [0.25, 0.3) is 0 Å². The first-order chi connectivity index (χ1) is 10.8. The minimum absolute atomic E-state index is 0.00202. The molecule has 0 saturated heterocycles. The number of benzene rings is 2. The number of hydrogen-bond donors (Lipinski definition) is 2. The first-order valence-electron chi connectivity index (χ1n) is 7.19. The first kappa shape index (κ1) is 17.3. The van der Waals surface area contributed by atoms with E-state index in [2.05, 4.69) is 4.72 Å². The van der Waals surface area contributed by atoms with E-state index in [0.29, 0.717) is 5.56 Å². The van der Waals surface area contributed by atoms with Crippen molar-refractivity contribution >= 4 is 15.8 Å². The molecular weight excluding hydrogens is 314 g/mol. The quantitative estimate of drug-likeness (QED) is 0.794. The normalized spacial score (nSPS) is 12.8. The van der Waals surface area contributed by atoms with Crippen molar-refractivity contribution < 1.29 is 18.3 Å². The fourth-order valence-corrected chi connectivity index (χ4v) is 3.16. The Bertz CT molecular complexity index is 778. The zero-order chi connectivity index (χ0) is 17.0. The van der Waals surface area contributed by atoms with Crippen LogP contribution in [0.15, 0.2) is 53.4 Å². The van der Waals surface area contributed by atoms with Crippen molar-refractivity contribution in [1.82, 2.24) is 4.72 Å². The van der Waals surface area contributed by atoms with E-state index >= 15 is 0 Å². The highest BCUT2D eigenvalue weighted by atomic mass is 32.2. The van der Waals surface area contributed by atoms with E-state index in [-0.39, 0.29) is 17.2 Å². The lowest BCUT2D eigenvalue weighted by molar-refractivity contribution is 0.101. The third-order valence-electron chi connectivity index (χ3n) is 3.36. The minimum atomic E-state index is -3.63. The van der Waals surface area contributed by atoms with Crippen LogP contribution in [0.3, 0.4) is 0 Å². The van der Waals surface area contributed by atoms with Crippen molar-refractivity contribution in [1.29, 1.82) is 0 Å². The third-order valence-corrected chi connectivity index (χ3v) is 4.80. The maximum atomic E-state index is 12.0. The van der Waals surface area contributed by atoms with Gasteiger partial charge in [-0.2, -0.15) is 0 Å². The van der Waals surface area contributed by atoms with Gasteiger partial charge in [0.05, 0.1) is 11.0 Å². The Hall–Kier alpha value is -2.02. The summed E-state index contributed by atoms with van der Waals surface area (Å²) in [6, 6.07) is 13.6. The van der Waals surface area contributed by atoms with Gasteiger partial charge >= 0.3 is 0 Å². The molecule has 0 spiro atoms. The number of carbonyl (C=O) groups is 1.